The van der Waals surface area contributed by atoms with Gasteiger partial charge in [-0.3, -0.25) is 10.2 Å². The Balaban J connectivity index is 1.60. The molecule has 1 aromatic carbocycles. The second-order valence-corrected chi connectivity index (χ2v) is 7.16. The fourth-order valence-electron chi connectivity index (χ4n) is 3.51. The van der Waals surface area contributed by atoms with Crippen LogP contribution in [0.2, 0.25) is 0 Å². The van der Waals surface area contributed by atoms with Crippen molar-refractivity contribution in [2.75, 3.05) is 38.6 Å². The number of methoxy groups -OCH3 is 1. The fourth-order valence-corrected chi connectivity index (χ4v) is 3.51. The van der Waals surface area contributed by atoms with Crippen LogP contribution in [0.25, 0.3) is 0 Å². The number of ether oxygens (including phenoxy) is 1. The average molecular weight is 414 g/mol. The first kappa shape index (κ1) is 21.7. The lowest BCUT2D eigenvalue weighted by molar-refractivity contribution is 0.187. The van der Waals surface area contributed by atoms with Crippen molar-refractivity contribution in [2.24, 2.45) is 4.99 Å². The van der Waals surface area contributed by atoms with Crippen molar-refractivity contribution in [1.29, 1.82) is 0 Å². The maximum absolute atomic E-state index is 11.3. The molecule has 0 saturated carbocycles. The van der Waals surface area contributed by atoms with Crippen molar-refractivity contribution >= 4 is 17.7 Å². The third kappa shape index (κ3) is 6.25. The molecule has 0 spiro atoms. The lowest BCUT2D eigenvalue weighted by Gasteiger charge is -2.26. The van der Waals surface area contributed by atoms with Gasteiger partial charge in [0, 0.05) is 18.8 Å². The Morgan fingerprint density at radius 3 is 2.60 bits per heavy atom. The molecule has 1 aromatic heterocycles. The van der Waals surface area contributed by atoms with Gasteiger partial charge in [0.15, 0.2) is 5.96 Å². The molecule has 0 radical (unpaired) electrons. The van der Waals surface area contributed by atoms with Gasteiger partial charge in [0.1, 0.15) is 5.76 Å². The molecule has 0 aliphatic carbocycles. The first-order valence-electron chi connectivity index (χ1n) is 10.4. The molecule has 1 amide bonds. The number of nitrogens with one attached hydrogen (secondary N) is 3. The highest BCUT2D eigenvalue weighted by molar-refractivity contribution is 5.84. The molecule has 1 unspecified atom stereocenters. The largest absolute Gasteiger partial charge is 0.468 e. The summed E-state index contributed by atoms with van der Waals surface area (Å²) in [5, 5.41) is 9.41. The number of rotatable bonds is 8. The van der Waals surface area contributed by atoms with Crippen LogP contribution < -0.4 is 16.0 Å². The number of furan rings is 1. The molecule has 0 bridgehead atoms. The quantitative estimate of drug-likeness (QED) is 0.454. The molecular formula is C22H31N5O3. The molecule has 2 heterocycles. The van der Waals surface area contributed by atoms with E-state index in [1.165, 1.54) is 20.0 Å². The van der Waals surface area contributed by atoms with Gasteiger partial charge < -0.3 is 19.8 Å². The third-order valence-corrected chi connectivity index (χ3v) is 5.07. The molecule has 1 aliphatic rings. The van der Waals surface area contributed by atoms with Crippen LogP contribution in [0.15, 0.2) is 52.1 Å². The topological polar surface area (TPSA) is 91.1 Å². The molecular weight excluding hydrogens is 382 g/mol. The zero-order chi connectivity index (χ0) is 21.2. The molecule has 30 heavy (non-hydrogen) atoms. The Hall–Kier alpha value is -3.00. The lowest BCUT2D eigenvalue weighted by Crippen LogP contribution is -2.42. The minimum Gasteiger partial charge on any atom is -0.468 e. The summed E-state index contributed by atoms with van der Waals surface area (Å²) in [6.45, 7) is 6.27. The van der Waals surface area contributed by atoms with Gasteiger partial charge in [-0.1, -0.05) is 12.1 Å². The molecule has 1 aliphatic heterocycles. The molecule has 3 rings (SSSR count). The molecule has 8 heteroatoms. The van der Waals surface area contributed by atoms with E-state index in [1.54, 1.807) is 6.26 Å². The van der Waals surface area contributed by atoms with E-state index in [4.69, 9.17) is 9.41 Å². The molecule has 2 aromatic rings. The van der Waals surface area contributed by atoms with Crippen molar-refractivity contribution in [1.82, 2.24) is 15.5 Å². The van der Waals surface area contributed by atoms with E-state index in [-0.39, 0.29) is 6.04 Å². The SMILES string of the molecule is CCNC(=NCc1ccc(NC(=O)OC)cc1)NCC(c1ccco1)N1CCCC1. The van der Waals surface area contributed by atoms with E-state index < -0.39 is 6.09 Å². The van der Waals surface area contributed by atoms with Crippen molar-refractivity contribution in [2.45, 2.75) is 32.4 Å². The minimum atomic E-state index is -0.483. The smallest absolute Gasteiger partial charge is 0.411 e. The molecule has 1 saturated heterocycles. The molecule has 1 fully saturated rings. The summed E-state index contributed by atoms with van der Waals surface area (Å²) in [4.78, 5) is 18.4. The van der Waals surface area contributed by atoms with Gasteiger partial charge in [-0.2, -0.15) is 0 Å². The van der Waals surface area contributed by atoms with E-state index in [2.05, 4.69) is 32.5 Å². The Kier molecular flexibility index (Phi) is 8.14. The second-order valence-electron chi connectivity index (χ2n) is 7.16. The van der Waals surface area contributed by atoms with Crippen LogP contribution in [0.1, 0.15) is 37.1 Å². The number of carbonyl (C=O) groups is 1. The van der Waals surface area contributed by atoms with Gasteiger partial charge in [-0.05, 0) is 62.7 Å². The van der Waals surface area contributed by atoms with E-state index in [1.807, 2.05) is 36.4 Å². The predicted octanol–water partition coefficient (Wildman–Crippen LogP) is 3.35. The minimum absolute atomic E-state index is 0.190. The number of aliphatic imine (C=N–C) groups is 1. The summed E-state index contributed by atoms with van der Waals surface area (Å²) in [6, 6.07) is 11.7. The van der Waals surface area contributed by atoms with Gasteiger partial charge in [0.2, 0.25) is 0 Å². The number of nitrogens with zero attached hydrogens (tertiary/aromatic N) is 2. The van der Waals surface area contributed by atoms with Crippen LogP contribution in [0.5, 0.6) is 0 Å². The Labute approximate surface area is 177 Å². The van der Waals surface area contributed by atoms with Crippen LogP contribution in [-0.2, 0) is 11.3 Å². The zero-order valence-electron chi connectivity index (χ0n) is 17.7. The highest BCUT2D eigenvalue weighted by Gasteiger charge is 2.25. The normalized spacial score (nSPS) is 15.6. The van der Waals surface area contributed by atoms with Crippen molar-refractivity contribution in [3.8, 4) is 0 Å². The highest BCUT2D eigenvalue weighted by Crippen LogP contribution is 2.24. The fraction of sp³-hybridized carbons (Fsp3) is 0.455. The predicted molar refractivity (Wildman–Crippen MR) is 118 cm³/mol. The van der Waals surface area contributed by atoms with Crippen LogP contribution in [-0.4, -0.2) is 50.2 Å². The molecule has 162 valence electrons. The molecule has 8 nitrogen and oxygen atoms in total. The van der Waals surface area contributed by atoms with E-state index in [0.717, 1.165) is 43.5 Å². The first-order valence-corrected chi connectivity index (χ1v) is 10.4. The van der Waals surface area contributed by atoms with Gasteiger partial charge in [0.25, 0.3) is 0 Å². The Morgan fingerprint density at radius 1 is 1.20 bits per heavy atom. The van der Waals surface area contributed by atoms with Crippen LogP contribution >= 0.6 is 0 Å². The monoisotopic (exact) mass is 413 g/mol. The summed E-state index contributed by atoms with van der Waals surface area (Å²) in [7, 11) is 1.34. The number of anilines is 1. The average Bonchev–Trinajstić information content (AvgIpc) is 3.48. The van der Waals surface area contributed by atoms with E-state index in [0.29, 0.717) is 12.2 Å². The summed E-state index contributed by atoms with van der Waals surface area (Å²) in [5.74, 6) is 1.75. The first-order chi connectivity index (χ1) is 14.7. The maximum atomic E-state index is 11.3. The highest BCUT2D eigenvalue weighted by atomic mass is 16.5. The number of hydrogen-bond acceptors (Lipinski definition) is 5. The number of guanidine groups is 1. The molecule has 1 atom stereocenters. The van der Waals surface area contributed by atoms with Crippen LogP contribution in [0.3, 0.4) is 0 Å². The summed E-state index contributed by atoms with van der Waals surface area (Å²) < 4.78 is 10.3. The Bertz CT molecular complexity index is 799. The van der Waals surface area contributed by atoms with E-state index in [9.17, 15) is 4.79 Å². The van der Waals surface area contributed by atoms with Crippen LogP contribution in [0.4, 0.5) is 10.5 Å². The number of carbonyl (C=O) groups excluding carboxylic acids is 1. The van der Waals surface area contributed by atoms with E-state index >= 15 is 0 Å². The van der Waals surface area contributed by atoms with Gasteiger partial charge in [-0.25, -0.2) is 9.79 Å². The number of amides is 1. The van der Waals surface area contributed by atoms with Gasteiger partial charge >= 0.3 is 6.09 Å². The second kappa shape index (κ2) is 11.3. The van der Waals surface area contributed by atoms with Gasteiger partial charge in [-0.15, -0.1) is 0 Å². The summed E-state index contributed by atoms with van der Waals surface area (Å²) >= 11 is 0. The maximum Gasteiger partial charge on any atom is 0.411 e. The number of likely N-dealkylation sites (tertiary alicyclic amines) is 1. The lowest BCUT2D eigenvalue weighted by atomic mass is 10.2. The standard InChI is InChI=1S/C22H31N5O3/c1-3-23-21(24-15-17-8-10-18(11-9-17)26-22(28)29-2)25-16-19(20-7-6-14-30-20)27-12-4-5-13-27/h6-11,14,19H,3-5,12-13,15-16H2,1-2H3,(H,26,28)(H2,23,24,25). The number of benzene rings is 1. The van der Waals surface area contributed by atoms with Crippen LogP contribution in [0, 0.1) is 0 Å². The van der Waals surface area contributed by atoms with Gasteiger partial charge in [0.05, 0.1) is 26.0 Å². The summed E-state index contributed by atoms with van der Waals surface area (Å²) in [6.07, 6.45) is 3.71. The van der Waals surface area contributed by atoms with Crippen molar-refractivity contribution < 1.29 is 13.9 Å². The van der Waals surface area contributed by atoms with Crippen molar-refractivity contribution in [3.63, 3.8) is 0 Å². The molecule has 3 N–H and O–H groups in total. The number of hydrogen-bond donors (Lipinski definition) is 3. The Morgan fingerprint density at radius 2 is 1.97 bits per heavy atom. The van der Waals surface area contributed by atoms with Crippen molar-refractivity contribution in [3.05, 3.63) is 54.0 Å². The third-order valence-electron chi connectivity index (χ3n) is 5.07. The zero-order valence-corrected chi connectivity index (χ0v) is 17.7. The summed E-state index contributed by atoms with van der Waals surface area (Å²) in [5.41, 5.74) is 1.73.